The van der Waals surface area contributed by atoms with Crippen molar-refractivity contribution >= 4 is 11.5 Å². The van der Waals surface area contributed by atoms with Crippen molar-refractivity contribution in [1.29, 1.82) is 0 Å². The summed E-state index contributed by atoms with van der Waals surface area (Å²) in [6.07, 6.45) is 2.28. The normalized spacial score (nSPS) is 10.7. The lowest BCUT2D eigenvalue weighted by Gasteiger charge is -2.14. The van der Waals surface area contributed by atoms with Gasteiger partial charge >= 0.3 is 0 Å². The second kappa shape index (κ2) is 6.28. The van der Waals surface area contributed by atoms with E-state index in [-0.39, 0.29) is 5.78 Å². The van der Waals surface area contributed by atoms with E-state index in [9.17, 15) is 4.79 Å². The van der Waals surface area contributed by atoms with E-state index in [1.165, 1.54) is 0 Å². The van der Waals surface area contributed by atoms with Crippen LogP contribution in [0, 0.1) is 0 Å². The van der Waals surface area contributed by atoms with Gasteiger partial charge in [0.25, 0.3) is 0 Å². The van der Waals surface area contributed by atoms with Gasteiger partial charge in [-0.3, -0.25) is 9.69 Å². The summed E-state index contributed by atoms with van der Waals surface area (Å²) >= 11 is 0. The van der Waals surface area contributed by atoms with Crippen molar-refractivity contribution < 1.29 is 4.79 Å². The van der Waals surface area contributed by atoms with Crippen molar-refractivity contribution in [1.82, 2.24) is 4.90 Å². The molecular weight excluding hydrogens is 200 g/mol. The minimum Gasteiger partial charge on any atom is -0.399 e. The number of benzene rings is 1. The Balaban J connectivity index is 2.48. The highest BCUT2D eigenvalue weighted by molar-refractivity contribution is 5.97. The Kier molecular flexibility index (Phi) is 4.99. The molecule has 0 amide bonds. The van der Waals surface area contributed by atoms with Crippen LogP contribution in [0.1, 0.15) is 30.1 Å². The maximum absolute atomic E-state index is 11.8. The molecular formula is C13H20N2O. The molecule has 16 heavy (non-hydrogen) atoms. The number of hydrogen-bond acceptors (Lipinski definition) is 3. The molecule has 0 saturated heterocycles. The Labute approximate surface area is 97.2 Å². The van der Waals surface area contributed by atoms with Gasteiger partial charge in [-0.15, -0.1) is 0 Å². The number of Topliss-reactive ketones (excluding diaryl/α,β-unsaturated/α-hetero) is 1. The Hall–Kier alpha value is -1.35. The number of nitrogen functional groups attached to an aromatic ring is 1. The van der Waals surface area contributed by atoms with Crippen LogP contribution in [0.15, 0.2) is 24.3 Å². The van der Waals surface area contributed by atoms with Crippen molar-refractivity contribution in [2.75, 3.05) is 25.9 Å². The van der Waals surface area contributed by atoms with Gasteiger partial charge in [-0.05, 0) is 44.3 Å². The number of carbonyl (C=O) groups is 1. The van der Waals surface area contributed by atoms with Crippen LogP contribution in [-0.2, 0) is 0 Å². The average molecular weight is 220 g/mol. The van der Waals surface area contributed by atoms with Crippen LogP contribution >= 0.6 is 0 Å². The zero-order valence-electron chi connectivity index (χ0n) is 10.1. The number of ketones is 1. The van der Waals surface area contributed by atoms with Gasteiger partial charge in [0.05, 0.1) is 6.54 Å². The molecule has 3 heteroatoms. The van der Waals surface area contributed by atoms with Gasteiger partial charge in [-0.2, -0.15) is 0 Å². The van der Waals surface area contributed by atoms with Gasteiger partial charge in [0.15, 0.2) is 5.78 Å². The molecule has 0 aliphatic heterocycles. The minimum atomic E-state index is 0.151. The molecule has 3 nitrogen and oxygen atoms in total. The highest BCUT2D eigenvalue weighted by Crippen LogP contribution is 2.07. The molecule has 0 aliphatic rings. The van der Waals surface area contributed by atoms with Crippen molar-refractivity contribution in [3.63, 3.8) is 0 Å². The summed E-state index contributed by atoms with van der Waals surface area (Å²) in [5.41, 5.74) is 7.00. The number of likely N-dealkylation sites (N-methyl/N-ethyl adjacent to an activating group) is 1. The number of nitrogens with zero attached hydrogens (tertiary/aromatic N) is 1. The molecule has 0 saturated carbocycles. The highest BCUT2D eigenvalue weighted by atomic mass is 16.1. The van der Waals surface area contributed by atoms with Crippen LogP contribution in [0.3, 0.4) is 0 Å². The lowest BCUT2D eigenvalue weighted by Crippen LogP contribution is -2.26. The second-order valence-electron chi connectivity index (χ2n) is 4.14. The summed E-state index contributed by atoms with van der Waals surface area (Å²) < 4.78 is 0. The lowest BCUT2D eigenvalue weighted by atomic mass is 10.1. The van der Waals surface area contributed by atoms with Crippen LogP contribution in [-0.4, -0.2) is 30.8 Å². The van der Waals surface area contributed by atoms with E-state index < -0.39 is 0 Å². The molecule has 0 fully saturated rings. The van der Waals surface area contributed by atoms with Gasteiger partial charge in [0.2, 0.25) is 0 Å². The maximum Gasteiger partial charge on any atom is 0.176 e. The monoisotopic (exact) mass is 220 g/mol. The summed E-state index contributed by atoms with van der Waals surface area (Å²) in [7, 11) is 1.98. The molecule has 2 N–H and O–H groups in total. The third-order valence-electron chi connectivity index (χ3n) is 2.54. The largest absolute Gasteiger partial charge is 0.399 e. The first kappa shape index (κ1) is 12.7. The molecule has 1 aromatic rings. The molecule has 0 heterocycles. The van der Waals surface area contributed by atoms with Gasteiger partial charge in [-0.1, -0.05) is 13.3 Å². The van der Waals surface area contributed by atoms with Crippen LogP contribution in [0.5, 0.6) is 0 Å². The molecule has 0 aliphatic carbocycles. The quantitative estimate of drug-likeness (QED) is 0.590. The molecule has 88 valence electrons. The van der Waals surface area contributed by atoms with E-state index in [1.807, 2.05) is 7.05 Å². The van der Waals surface area contributed by atoms with Crippen molar-refractivity contribution in [2.45, 2.75) is 19.8 Å². The molecule has 0 bridgehead atoms. The fourth-order valence-corrected chi connectivity index (χ4v) is 1.51. The van der Waals surface area contributed by atoms with Crippen molar-refractivity contribution in [3.8, 4) is 0 Å². The van der Waals surface area contributed by atoms with E-state index in [2.05, 4.69) is 11.8 Å². The fourth-order valence-electron chi connectivity index (χ4n) is 1.51. The smallest absolute Gasteiger partial charge is 0.176 e. The predicted molar refractivity (Wildman–Crippen MR) is 67.6 cm³/mol. The number of nitrogens with two attached hydrogens (primary N) is 1. The minimum absolute atomic E-state index is 0.151. The highest BCUT2D eigenvalue weighted by Gasteiger charge is 2.08. The number of anilines is 1. The first-order valence-electron chi connectivity index (χ1n) is 5.70. The zero-order chi connectivity index (χ0) is 12.0. The van der Waals surface area contributed by atoms with Crippen LogP contribution in [0.4, 0.5) is 5.69 Å². The molecule has 0 radical (unpaired) electrons. The topological polar surface area (TPSA) is 46.3 Å². The van der Waals surface area contributed by atoms with E-state index in [0.717, 1.165) is 24.9 Å². The Morgan fingerprint density at radius 3 is 2.50 bits per heavy atom. The lowest BCUT2D eigenvalue weighted by molar-refractivity contribution is 0.0945. The third-order valence-corrected chi connectivity index (χ3v) is 2.54. The van der Waals surface area contributed by atoms with Crippen LogP contribution in [0.25, 0.3) is 0 Å². The number of rotatable bonds is 6. The number of hydrogen-bond donors (Lipinski definition) is 1. The van der Waals surface area contributed by atoms with Crippen molar-refractivity contribution in [2.24, 2.45) is 0 Å². The van der Waals surface area contributed by atoms with E-state index in [4.69, 9.17) is 5.73 Å². The SMILES string of the molecule is CCCCN(C)CC(=O)c1ccc(N)cc1. The number of unbranched alkanes of at least 4 members (excludes halogenated alkanes) is 1. The first-order chi connectivity index (χ1) is 7.63. The van der Waals surface area contributed by atoms with Gasteiger partial charge in [-0.25, -0.2) is 0 Å². The average Bonchev–Trinajstić information content (AvgIpc) is 2.27. The summed E-state index contributed by atoms with van der Waals surface area (Å²) in [5.74, 6) is 0.151. The molecule has 1 rings (SSSR count). The number of carbonyl (C=O) groups excluding carboxylic acids is 1. The van der Waals surface area contributed by atoms with Crippen LogP contribution in [0.2, 0.25) is 0 Å². The van der Waals surface area contributed by atoms with E-state index in [0.29, 0.717) is 12.2 Å². The second-order valence-corrected chi connectivity index (χ2v) is 4.14. The van der Waals surface area contributed by atoms with Gasteiger partial charge in [0, 0.05) is 11.3 Å². The van der Waals surface area contributed by atoms with E-state index in [1.54, 1.807) is 24.3 Å². The zero-order valence-corrected chi connectivity index (χ0v) is 10.1. The van der Waals surface area contributed by atoms with Crippen LogP contribution < -0.4 is 5.73 Å². The summed E-state index contributed by atoms with van der Waals surface area (Å²) in [6, 6.07) is 7.09. The Bertz CT molecular complexity index is 332. The third kappa shape index (κ3) is 4.03. The molecule has 0 unspecified atom stereocenters. The van der Waals surface area contributed by atoms with Gasteiger partial charge < -0.3 is 5.73 Å². The predicted octanol–water partition coefficient (Wildman–Crippen LogP) is 2.18. The first-order valence-corrected chi connectivity index (χ1v) is 5.70. The maximum atomic E-state index is 11.8. The Morgan fingerprint density at radius 1 is 1.31 bits per heavy atom. The standard InChI is InChI=1S/C13H20N2O/c1-3-4-9-15(2)10-13(16)11-5-7-12(14)8-6-11/h5-8H,3-4,9-10,14H2,1-2H3. The Morgan fingerprint density at radius 2 is 1.94 bits per heavy atom. The molecule has 0 spiro atoms. The van der Waals surface area contributed by atoms with Gasteiger partial charge in [0.1, 0.15) is 0 Å². The van der Waals surface area contributed by atoms with Crippen molar-refractivity contribution in [3.05, 3.63) is 29.8 Å². The molecule has 1 aromatic carbocycles. The summed E-state index contributed by atoms with van der Waals surface area (Å²) in [6.45, 7) is 3.59. The fraction of sp³-hybridized carbons (Fsp3) is 0.462. The summed E-state index contributed by atoms with van der Waals surface area (Å²) in [5, 5.41) is 0. The molecule has 0 aromatic heterocycles. The van der Waals surface area contributed by atoms with E-state index >= 15 is 0 Å². The summed E-state index contributed by atoms with van der Waals surface area (Å²) in [4.78, 5) is 13.9. The molecule has 0 atom stereocenters.